The van der Waals surface area contributed by atoms with E-state index in [1.807, 2.05) is 0 Å². The summed E-state index contributed by atoms with van der Waals surface area (Å²) in [6.07, 6.45) is 0. The summed E-state index contributed by atoms with van der Waals surface area (Å²) >= 11 is 2.65. The van der Waals surface area contributed by atoms with Crippen LogP contribution in [0.15, 0.2) is 22.5 Å². The molecular formula is C9H7F2N3S2. The van der Waals surface area contributed by atoms with Crippen molar-refractivity contribution in [3.8, 4) is 0 Å². The maximum Gasteiger partial charge on any atom is 0.203 e. The SMILES string of the molecule is Nc1nnc(SCc2ccc(F)c(F)c2)s1. The molecule has 0 fully saturated rings. The van der Waals surface area contributed by atoms with Gasteiger partial charge in [-0.05, 0) is 17.7 Å². The van der Waals surface area contributed by atoms with Crippen molar-refractivity contribution in [2.24, 2.45) is 0 Å². The predicted molar refractivity (Wildman–Crippen MR) is 60.2 cm³/mol. The summed E-state index contributed by atoms with van der Waals surface area (Å²) in [6, 6.07) is 3.82. The lowest BCUT2D eigenvalue weighted by molar-refractivity contribution is 0.507. The van der Waals surface area contributed by atoms with Crippen LogP contribution in [-0.2, 0) is 5.75 Å². The van der Waals surface area contributed by atoms with Gasteiger partial charge in [0.2, 0.25) is 5.13 Å². The summed E-state index contributed by atoms with van der Waals surface area (Å²) in [4.78, 5) is 0. The molecule has 0 aliphatic rings. The number of thioether (sulfide) groups is 1. The van der Waals surface area contributed by atoms with Crippen LogP contribution in [0.2, 0.25) is 0 Å². The Bertz CT molecular complexity index is 501. The molecule has 0 atom stereocenters. The minimum Gasteiger partial charge on any atom is -0.374 e. The second-order valence-electron chi connectivity index (χ2n) is 2.94. The number of aromatic nitrogens is 2. The van der Waals surface area contributed by atoms with Gasteiger partial charge in [-0.25, -0.2) is 8.78 Å². The Morgan fingerprint density at radius 2 is 2.06 bits per heavy atom. The van der Waals surface area contributed by atoms with Gasteiger partial charge in [-0.3, -0.25) is 0 Å². The molecule has 16 heavy (non-hydrogen) atoms. The Morgan fingerprint density at radius 1 is 1.25 bits per heavy atom. The number of nitrogen functional groups attached to an aromatic ring is 1. The summed E-state index contributed by atoms with van der Waals surface area (Å²) in [5, 5.41) is 7.86. The van der Waals surface area contributed by atoms with Gasteiger partial charge in [0, 0.05) is 5.75 Å². The normalized spacial score (nSPS) is 10.6. The highest BCUT2D eigenvalue weighted by Gasteiger charge is 2.05. The van der Waals surface area contributed by atoms with Crippen LogP contribution in [0.5, 0.6) is 0 Å². The van der Waals surface area contributed by atoms with Crippen LogP contribution in [0.4, 0.5) is 13.9 Å². The number of nitrogens with two attached hydrogens (primary N) is 1. The lowest BCUT2D eigenvalue weighted by atomic mass is 10.2. The second kappa shape index (κ2) is 4.75. The fraction of sp³-hybridized carbons (Fsp3) is 0.111. The minimum atomic E-state index is -0.839. The van der Waals surface area contributed by atoms with Crippen molar-refractivity contribution in [2.45, 2.75) is 10.1 Å². The average Bonchev–Trinajstić information content (AvgIpc) is 2.66. The van der Waals surface area contributed by atoms with Gasteiger partial charge >= 0.3 is 0 Å². The summed E-state index contributed by atoms with van der Waals surface area (Å²) in [5.41, 5.74) is 6.11. The first-order valence-corrected chi connectivity index (χ1v) is 6.11. The Morgan fingerprint density at radius 3 is 2.69 bits per heavy atom. The van der Waals surface area contributed by atoms with Crippen LogP contribution in [0, 0.1) is 11.6 Å². The maximum absolute atomic E-state index is 12.9. The van der Waals surface area contributed by atoms with Crippen LogP contribution in [0.3, 0.4) is 0 Å². The van der Waals surface area contributed by atoms with Gasteiger partial charge in [0.1, 0.15) is 0 Å². The highest BCUT2D eigenvalue weighted by atomic mass is 32.2. The fourth-order valence-corrected chi connectivity index (χ4v) is 2.63. The van der Waals surface area contributed by atoms with Crippen molar-refractivity contribution in [3.05, 3.63) is 35.4 Å². The quantitative estimate of drug-likeness (QED) is 0.861. The van der Waals surface area contributed by atoms with E-state index in [2.05, 4.69) is 10.2 Å². The number of benzene rings is 1. The van der Waals surface area contributed by atoms with Crippen molar-refractivity contribution < 1.29 is 8.78 Å². The third-order valence-corrected chi connectivity index (χ3v) is 3.73. The predicted octanol–water partition coefficient (Wildman–Crippen LogP) is 2.69. The zero-order valence-corrected chi connectivity index (χ0v) is 9.62. The molecule has 0 aliphatic heterocycles. The summed E-state index contributed by atoms with van der Waals surface area (Å²) < 4.78 is 26.2. The second-order valence-corrected chi connectivity index (χ2v) is 5.17. The van der Waals surface area contributed by atoms with Gasteiger partial charge in [0.05, 0.1) is 0 Å². The highest BCUT2D eigenvalue weighted by molar-refractivity contribution is 8.00. The molecule has 3 nitrogen and oxygen atoms in total. The van der Waals surface area contributed by atoms with Crippen LogP contribution < -0.4 is 5.73 Å². The van der Waals surface area contributed by atoms with Gasteiger partial charge in [0.15, 0.2) is 16.0 Å². The number of hydrogen-bond acceptors (Lipinski definition) is 5. The highest BCUT2D eigenvalue weighted by Crippen LogP contribution is 2.27. The Labute approximate surface area is 98.7 Å². The van der Waals surface area contributed by atoms with E-state index in [4.69, 9.17) is 5.73 Å². The van der Waals surface area contributed by atoms with E-state index in [1.165, 1.54) is 35.2 Å². The van der Waals surface area contributed by atoms with Gasteiger partial charge in [-0.15, -0.1) is 10.2 Å². The van der Waals surface area contributed by atoms with Crippen LogP contribution in [0.1, 0.15) is 5.56 Å². The molecule has 0 aliphatic carbocycles. The molecule has 0 amide bonds. The first-order chi connectivity index (χ1) is 7.65. The zero-order valence-electron chi connectivity index (χ0n) is 7.98. The first-order valence-electron chi connectivity index (χ1n) is 4.31. The molecular weight excluding hydrogens is 252 g/mol. The summed E-state index contributed by atoms with van der Waals surface area (Å²) in [6.45, 7) is 0. The Balaban J connectivity index is 2.02. The van der Waals surface area contributed by atoms with Crippen molar-refractivity contribution in [3.63, 3.8) is 0 Å². The molecule has 0 saturated heterocycles. The fourth-order valence-electron chi connectivity index (χ4n) is 1.05. The molecule has 0 radical (unpaired) electrons. The molecule has 1 aromatic heterocycles. The van der Waals surface area contributed by atoms with Gasteiger partial charge < -0.3 is 5.73 Å². The average molecular weight is 259 g/mol. The van der Waals surface area contributed by atoms with E-state index in [0.717, 1.165) is 6.07 Å². The van der Waals surface area contributed by atoms with Gasteiger partial charge in [-0.1, -0.05) is 29.2 Å². The van der Waals surface area contributed by atoms with Crippen molar-refractivity contribution in [1.29, 1.82) is 0 Å². The molecule has 84 valence electrons. The number of anilines is 1. The molecule has 0 spiro atoms. The largest absolute Gasteiger partial charge is 0.374 e. The third kappa shape index (κ3) is 2.67. The minimum absolute atomic E-state index is 0.396. The molecule has 1 heterocycles. The topological polar surface area (TPSA) is 51.8 Å². The number of rotatable bonds is 3. The van der Waals surface area contributed by atoms with Crippen molar-refractivity contribution >= 4 is 28.2 Å². The molecule has 1 aromatic carbocycles. The number of nitrogens with zero attached hydrogens (tertiary/aromatic N) is 2. The number of halogens is 2. The van der Waals surface area contributed by atoms with E-state index in [1.54, 1.807) is 0 Å². The monoisotopic (exact) mass is 259 g/mol. The van der Waals surface area contributed by atoms with E-state index >= 15 is 0 Å². The Hall–Kier alpha value is -1.21. The third-order valence-electron chi connectivity index (χ3n) is 1.77. The van der Waals surface area contributed by atoms with Crippen LogP contribution in [-0.4, -0.2) is 10.2 Å². The van der Waals surface area contributed by atoms with Crippen LogP contribution >= 0.6 is 23.1 Å². The molecule has 2 N–H and O–H groups in total. The van der Waals surface area contributed by atoms with E-state index in [-0.39, 0.29) is 0 Å². The maximum atomic E-state index is 12.9. The van der Waals surface area contributed by atoms with Gasteiger partial charge in [-0.2, -0.15) is 0 Å². The van der Waals surface area contributed by atoms with Crippen LogP contribution in [0.25, 0.3) is 0 Å². The van der Waals surface area contributed by atoms with E-state index in [0.29, 0.717) is 20.8 Å². The zero-order chi connectivity index (χ0) is 11.5. The molecule has 0 bridgehead atoms. The number of hydrogen-bond donors (Lipinski definition) is 1. The van der Waals surface area contributed by atoms with Gasteiger partial charge in [0.25, 0.3) is 0 Å². The van der Waals surface area contributed by atoms with E-state index in [9.17, 15) is 8.78 Å². The Kier molecular flexibility index (Phi) is 3.35. The smallest absolute Gasteiger partial charge is 0.203 e. The molecule has 0 saturated carbocycles. The molecule has 0 unspecified atom stereocenters. The molecule has 2 rings (SSSR count). The van der Waals surface area contributed by atoms with E-state index < -0.39 is 11.6 Å². The molecule has 7 heteroatoms. The van der Waals surface area contributed by atoms with Crippen molar-refractivity contribution in [1.82, 2.24) is 10.2 Å². The molecule has 2 aromatic rings. The summed E-state index contributed by atoms with van der Waals surface area (Å²) in [7, 11) is 0. The lowest BCUT2D eigenvalue weighted by Gasteiger charge is -1.99. The lowest BCUT2D eigenvalue weighted by Crippen LogP contribution is -1.87. The standard InChI is InChI=1S/C9H7F2N3S2/c10-6-2-1-5(3-7(6)11)4-15-9-14-13-8(12)16-9/h1-3H,4H2,(H2,12,13). The first kappa shape index (κ1) is 11.3. The summed E-state index contributed by atoms with van der Waals surface area (Å²) in [5.74, 6) is -1.17. The van der Waals surface area contributed by atoms with Crippen molar-refractivity contribution in [2.75, 3.05) is 5.73 Å².